The maximum Gasteiger partial charge on any atom is 0.177 e. The van der Waals surface area contributed by atoms with Gasteiger partial charge in [0, 0.05) is 5.92 Å². The fraction of sp³-hybridized carbons (Fsp3) is 0.444. The van der Waals surface area contributed by atoms with E-state index in [2.05, 4.69) is 15.3 Å². The highest BCUT2D eigenvalue weighted by Gasteiger charge is 2.10. The van der Waals surface area contributed by atoms with Crippen LogP contribution in [0.1, 0.15) is 31.3 Å². The number of aromatic nitrogens is 4. The van der Waals surface area contributed by atoms with E-state index in [4.69, 9.17) is 5.11 Å². The van der Waals surface area contributed by atoms with Gasteiger partial charge in [-0.3, -0.25) is 0 Å². The average molecular weight is 192 g/mol. The van der Waals surface area contributed by atoms with Crippen LogP contribution in [0.25, 0.3) is 5.65 Å². The van der Waals surface area contributed by atoms with E-state index < -0.39 is 0 Å². The lowest BCUT2D eigenvalue weighted by atomic mass is 10.2. The fourth-order valence-corrected chi connectivity index (χ4v) is 1.29. The molecule has 0 amide bonds. The van der Waals surface area contributed by atoms with Crippen molar-refractivity contribution in [1.82, 2.24) is 19.8 Å². The Morgan fingerprint density at radius 1 is 1.36 bits per heavy atom. The summed E-state index contributed by atoms with van der Waals surface area (Å²) in [4.78, 5) is 0. The Bertz CT molecular complexity index is 449. The standard InChI is InChI=1S/C9H12N4O/c1-6(2)9-11-10-8-4-3-7(5-14)12-13(8)9/h3-4,6,14H,5H2,1-2H3. The van der Waals surface area contributed by atoms with Crippen molar-refractivity contribution in [3.8, 4) is 0 Å². The van der Waals surface area contributed by atoms with Crippen molar-refractivity contribution in [3.05, 3.63) is 23.7 Å². The molecule has 1 N–H and O–H groups in total. The lowest BCUT2D eigenvalue weighted by Gasteiger charge is -2.02. The number of aliphatic hydroxyl groups excluding tert-OH is 1. The van der Waals surface area contributed by atoms with Gasteiger partial charge in [0.15, 0.2) is 11.5 Å². The van der Waals surface area contributed by atoms with E-state index in [1.807, 2.05) is 13.8 Å². The minimum atomic E-state index is -0.0638. The van der Waals surface area contributed by atoms with Crippen molar-refractivity contribution in [3.63, 3.8) is 0 Å². The molecule has 0 aliphatic rings. The second-order valence-corrected chi connectivity index (χ2v) is 3.47. The lowest BCUT2D eigenvalue weighted by Crippen LogP contribution is -2.03. The molecule has 5 nitrogen and oxygen atoms in total. The van der Waals surface area contributed by atoms with Gasteiger partial charge < -0.3 is 5.11 Å². The zero-order valence-corrected chi connectivity index (χ0v) is 8.18. The molecular formula is C9H12N4O. The Kier molecular flexibility index (Phi) is 2.17. The molecule has 74 valence electrons. The molecular weight excluding hydrogens is 180 g/mol. The molecule has 0 atom stereocenters. The zero-order chi connectivity index (χ0) is 10.1. The number of hydrogen-bond donors (Lipinski definition) is 1. The summed E-state index contributed by atoms with van der Waals surface area (Å²) in [6.45, 7) is 4.00. The van der Waals surface area contributed by atoms with E-state index >= 15 is 0 Å². The van der Waals surface area contributed by atoms with E-state index in [-0.39, 0.29) is 12.5 Å². The first kappa shape index (κ1) is 9.08. The highest BCUT2D eigenvalue weighted by molar-refractivity contribution is 5.36. The van der Waals surface area contributed by atoms with Gasteiger partial charge in [-0.1, -0.05) is 13.8 Å². The minimum Gasteiger partial charge on any atom is -0.390 e. The number of nitrogens with zero attached hydrogens (tertiary/aromatic N) is 4. The number of fused-ring (bicyclic) bond motifs is 1. The Hall–Kier alpha value is -1.49. The number of aliphatic hydroxyl groups is 1. The van der Waals surface area contributed by atoms with Gasteiger partial charge >= 0.3 is 0 Å². The molecule has 2 aromatic rings. The van der Waals surface area contributed by atoms with E-state index in [1.54, 1.807) is 16.6 Å². The third-order valence-electron chi connectivity index (χ3n) is 2.02. The average Bonchev–Trinajstić information content (AvgIpc) is 2.59. The van der Waals surface area contributed by atoms with Gasteiger partial charge in [0.05, 0.1) is 12.3 Å². The van der Waals surface area contributed by atoms with Crippen molar-refractivity contribution in [2.75, 3.05) is 0 Å². The van der Waals surface area contributed by atoms with Crippen molar-refractivity contribution >= 4 is 5.65 Å². The molecule has 5 heteroatoms. The van der Waals surface area contributed by atoms with Gasteiger partial charge in [-0.2, -0.15) is 9.61 Å². The fourth-order valence-electron chi connectivity index (χ4n) is 1.29. The highest BCUT2D eigenvalue weighted by Crippen LogP contribution is 2.12. The first-order valence-electron chi connectivity index (χ1n) is 4.54. The SMILES string of the molecule is CC(C)c1nnc2ccc(CO)nn12. The Morgan fingerprint density at radius 3 is 2.79 bits per heavy atom. The molecule has 0 bridgehead atoms. The molecule has 2 rings (SSSR count). The minimum absolute atomic E-state index is 0.0638. The molecule has 2 aromatic heterocycles. The summed E-state index contributed by atoms with van der Waals surface area (Å²) in [7, 11) is 0. The van der Waals surface area contributed by atoms with Gasteiger partial charge in [0.25, 0.3) is 0 Å². The summed E-state index contributed by atoms with van der Waals surface area (Å²) in [5, 5.41) is 21.2. The predicted molar refractivity (Wildman–Crippen MR) is 50.8 cm³/mol. The van der Waals surface area contributed by atoms with Crippen LogP contribution < -0.4 is 0 Å². The summed E-state index contributed by atoms with van der Waals surface area (Å²) in [6, 6.07) is 3.55. The molecule has 0 fully saturated rings. The van der Waals surface area contributed by atoms with Crippen LogP contribution >= 0.6 is 0 Å². The topological polar surface area (TPSA) is 63.3 Å². The zero-order valence-electron chi connectivity index (χ0n) is 8.18. The highest BCUT2D eigenvalue weighted by atomic mass is 16.3. The second kappa shape index (κ2) is 3.34. The Labute approximate surface area is 81.4 Å². The molecule has 0 aliphatic heterocycles. The van der Waals surface area contributed by atoms with Gasteiger partial charge in [-0.15, -0.1) is 10.2 Å². The van der Waals surface area contributed by atoms with E-state index in [0.29, 0.717) is 11.3 Å². The maximum atomic E-state index is 8.95. The van der Waals surface area contributed by atoms with Crippen LogP contribution in [0.5, 0.6) is 0 Å². The van der Waals surface area contributed by atoms with E-state index in [9.17, 15) is 0 Å². The number of rotatable bonds is 2. The molecule has 0 spiro atoms. The van der Waals surface area contributed by atoms with Gasteiger partial charge in [0.2, 0.25) is 0 Å². The molecule has 2 heterocycles. The molecule has 0 saturated heterocycles. The first-order valence-corrected chi connectivity index (χ1v) is 4.54. The van der Waals surface area contributed by atoms with E-state index in [1.165, 1.54) is 0 Å². The molecule has 0 saturated carbocycles. The predicted octanol–water partition coefficient (Wildman–Crippen LogP) is 0.740. The van der Waals surface area contributed by atoms with Crippen LogP contribution in [0, 0.1) is 0 Å². The van der Waals surface area contributed by atoms with Crippen LogP contribution in [0.3, 0.4) is 0 Å². The quantitative estimate of drug-likeness (QED) is 0.762. The smallest absolute Gasteiger partial charge is 0.177 e. The largest absolute Gasteiger partial charge is 0.390 e. The van der Waals surface area contributed by atoms with E-state index in [0.717, 1.165) is 5.82 Å². The number of hydrogen-bond acceptors (Lipinski definition) is 4. The molecule has 14 heavy (non-hydrogen) atoms. The molecule has 0 radical (unpaired) electrons. The van der Waals surface area contributed by atoms with Crippen LogP contribution in [-0.2, 0) is 6.61 Å². The van der Waals surface area contributed by atoms with Crippen molar-refractivity contribution in [2.24, 2.45) is 0 Å². The van der Waals surface area contributed by atoms with Crippen molar-refractivity contribution < 1.29 is 5.11 Å². The van der Waals surface area contributed by atoms with Crippen LogP contribution in [0.15, 0.2) is 12.1 Å². The first-order chi connectivity index (χ1) is 6.72. The monoisotopic (exact) mass is 192 g/mol. The summed E-state index contributed by atoms with van der Waals surface area (Å²) in [6.07, 6.45) is 0. The molecule has 0 aromatic carbocycles. The van der Waals surface area contributed by atoms with Crippen LogP contribution in [-0.4, -0.2) is 24.9 Å². The third kappa shape index (κ3) is 1.35. The third-order valence-corrected chi connectivity index (χ3v) is 2.02. The van der Waals surface area contributed by atoms with Gasteiger partial charge in [-0.25, -0.2) is 0 Å². The molecule has 0 unspecified atom stereocenters. The van der Waals surface area contributed by atoms with Crippen LogP contribution in [0.4, 0.5) is 0 Å². The second-order valence-electron chi connectivity index (χ2n) is 3.47. The summed E-state index contributed by atoms with van der Waals surface area (Å²) in [5.74, 6) is 1.08. The Morgan fingerprint density at radius 2 is 2.14 bits per heavy atom. The normalized spacial score (nSPS) is 11.4. The summed E-state index contributed by atoms with van der Waals surface area (Å²) < 4.78 is 1.68. The maximum absolute atomic E-state index is 8.95. The molecule has 0 aliphatic carbocycles. The summed E-state index contributed by atoms with van der Waals surface area (Å²) >= 11 is 0. The summed E-state index contributed by atoms with van der Waals surface area (Å²) in [5.41, 5.74) is 1.34. The van der Waals surface area contributed by atoms with Gasteiger partial charge in [0.1, 0.15) is 0 Å². The van der Waals surface area contributed by atoms with Crippen molar-refractivity contribution in [1.29, 1.82) is 0 Å². The van der Waals surface area contributed by atoms with Gasteiger partial charge in [-0.05, 0) is 12.1 Å². The van der Waals surface area contributed by atoms with Crippen LogP contribution in [0.2, 0.25) is 0 Å². The Balaban J connectivity index is 2.63. The van der Waals surface area contributed by atoms with Crippen molar-refractivity contribution in [2.45, 2.75) is 26.4 Å². The lowest BCUT2D eigenvalue weighted by molar-refractivity contribution is 0.275.